The van der Waals surface area contributed by atoms with Crippen LogP contribution in [0.3, 0.4) is 0 Å². The van der Waals surface area contributed by atoms with Crippen molar-refractivity contribution in [2.24, 2.45) is 5.92 Å². The van der Waals surface area contributed by atoms with E-state index in [1.54, 1.807) is 0 Å². The Balaban J connectivity index is 1.70. The van der Waals surface area contributed by atoms with Gasteiger partial charge in [0, 0.05) is 25.5 Å². The lowest BCUT2D eigenvalue weighted by atomic mass is 9.85. The third-order valence-corrected chi connectivity index (χ3v) is 4.22. The van der Waals surface area contributed by atoms with Crippen LogP contribution in [0.15, 0.2) is 24.5 Å². The minimum absolute atomic E-state index is 0.150. The predicted octanol–water partition coefficient (Wildman–Crippen LogP) is 2.50. The highest BCUT2D eigenvalue weighted by Crippen LogP contribution is 2.26. The van der Waals surface area contributed by atoms with Gasteiger partial charge in [0.25, 0.3) is 0 Å². The summed E-state index contributed by atoms with van der Waals surface area (Å²) in [6.07, 6.45) is 10.9. The summed E-state index contributed by atoms with van der Waals surface area (Å²) in [5.74, 6) is 0.525. The van der Waals surface area contributed by atoms with Crippen LogP contribution in [0.1, 0.15) is 37.7 Å². The lowest BCUT2D eigenvalue weighted by molar-refractivity contribution is 0.0553. The van der Waals surface area contributed by atoms with E-state index in [1.165, 1.54) is 37.7 Å². The number of aromatic nitrogens is 1. The van der Waals surface area contributed by atoms with Crippen LogP contribution in [-0.4, -0.2) is 41.2 Å². The average Bonchev–Trinajstić information content (AvgIpc) is 2.47. The zero-order valence-electron chi connectivity index (χ0n) is 12.0. The molecule has 0 amide bonds. The van der Waals surface area contributed by atoms with Crippen molar-refractivity contribution in [3.05, 3.63) is 30.1 Å². The van der Waals surface area contributed by atoms with Crippen LogP contribution in [0, 0.1) is 5.92 Å². The maximum atomic E-state index is 10.3. The number of hydrogen-bond acceptors (Lipinski definition) is 3. The minimum Gasteiger partial charge on any atom is -0.392 e. The van der Waals surface area contributed by atoms with Gasteiger partial charge in [-0.25, -0.2) is 0 Å². The number of pyridine rings is 1. The standard InChI is InChI=1S/C16H26N2O/c1-18(12-9-14-7-10-17-11-8-14)13-16(19)15-5-3-2-4-6-15/h7-8,10-11,15-16,19H,2-6,9,12-13H2,1H3. The molecule has 1 fully saturated rings. The molecular formula is C16H26N2O. The number of nitrogens with zero attached hydrogens (tertiary/aromatic N) is 2. The lowest BCUT2D eigenvalue weighted by Crippen LogP contribution is -2.36. The first kappa shape index (κ1) is 14.5. The Labute approximate surface area is 116 Å². The Kier molecular flexibility index (Phi) is 5.80. The van der Waals surface area contributed by atoms with Gasteiger partial charge in [-0.05, 0) is 49.9 Å². The second-order valence-electron chi connectivity index (χ2n) is 5.83. The molecule has 2 rings (SSSR count). The van der Waals surface area contributed by atoms with Gasteiger partial charge in [0.15, 0.2) is 0 Å². The van der Waals surface area contributed by atoms with Crippen LogP contribution >= 0.6 is 0 Å². The third-order valence-electron chi connectivity index (χ3n) is 4.22. The Morgan fingerprint density at radius 2 is 1.95 bits per heavy atom. The van der Waals surface area contributed by atoms with Crippen molar-refractivity contribution >= 4 is 0 Å². The van der Waals surface area contributed by atoms with E-state index in [1.807, 2.05) is 12.4 Å². The van der Waals surface area contributed by atoms with Crippen LogP contribution in [-0.2, 0) is 6.42 Å². The lowest BCUT2D eigenvalue weighted by Gasteiger charge is -2.29. The molecule has 1 unspecified atom stereocenters. The van der Waals surface area contributed by atoms with Crippen molar-refractivity contribution in [2.75, 3.05) is 20.1 Å². The summed E-state index contributed by atoms with van der Waals surface area (Å²) >= 11 is 0. The van der Waals surface area contributed by atoms with Crippen LogP contribution in [0.2, 0.25) is 0 Å². The molecular weight excluding hydrogens is 236 g/mol. The van der Waals surface area contributed by atoms with Crippen LogP contribution in [0.5, 0.6) is 0 Å². The molecule has 3 heteroatoms. The summed E-state index contributed by atoms with van der Waals surface area (Å²) in [6.45, 7) is 1.80. The van der Waals surface area contributed by atoms with Gasteiger partial charge < -0.3 is 10.0 Å². The van der Waals surface area contributed by atoms with Gasteiger partial charge in [0.2, 0.25) is 0 Å². The molecule has 1 saturated carbocycles. The smallest absolute Gasteiger partial charge is 0.0695 e. The summed E-state index contributed by atoms with van der Waals surface area (Å²) in [7, 11) is 2.10. The number of aliphatic hydroxyl groups is 1. The van der Waals surface area contributed by atoms with E-state index in [0.29, 0.717) is 5.92 Å². The molecule has 1 heterocycles. The van der Waals surface area contributed by atoms with Crippen molar-refractivity contribution in [2.45, 2.75) is 44.6 Å². The second-order valence-corrected chi connectivity index (χ2v) is 5.83. The monoisotopic (exact) mass is 262 g/mol. The molecule has 0 radical (unpaired) electrons. The van der Waals surface area contributed by atoms with Crippen molar-refractivity contribution in [3.63, 3.8) is 0 Å². The first-order chi connectivity index (χ1) is 9.25. The molecule has 1 aliphatic rings. The molecule has 0 bridgehead atoms. The SMILES string of the molecule is CN(CCc1ccncc1)CC(O)C1CCCCC1. The van der Waals surface area contributed by atoms with E-state index in [0.717, 1.165) is 19.5 Å². The molecule has 1 aromatic rings. The molecule has 0 saturated heterocycles. The number of rotatable bonds is 6. The molecule has 0 spiro atoms. The fraction of sp³-hybridized carbons (Fsp3) is 0.688. The zero-order chi connectivity index (χ0) is 13.5. The Hall–Kier alpha value is -0.930. The molecule has 0 aliphatic heterocycles. The minimum atomic E-state index is -0.150. The highest BCUT2D eigenvalue weighted by molar-refractivity contribution is 5.09. The molecule has 106 valence electrons. The van der Waals surface area contributed by atoms with Gasteiger partial charge in [0.1, 0.15) is 0 Å². The molecule has 1 aliphatic carbocycles. The van der Waals surface area contributed by atoms with Crippen LogP contribution in [0.25, 0.3) is 0 Å². The maximum absolute atomic E-state index is 10.3. The molecule has 0 aromatic carbocycles. The van der Waals surface area contributed by atoms with Gasteiger partial charge in [-0.1, -0.05) is 19.3 Å². The van der Waals surface area contributed by atoms with Gasteiger partial charge in [-0.2, -0.15) is 0 Å². The van der Waals surface area contributed by atoms with Gasteiger partial charge >= 0.3 is 0 Å². The van der Waals surface area contributed by atoms with E-state index in [4.69, 9.17) is 0 Å². The Bertz CT molecular complexity index is 349. The van der Waals surface area contributed by atoms with E-state index >= 15 is 0 Å². The first-order valence-corrected chi connectivity index (χ1v) is 7.51. The van der Waals surface area contributed by atoms with Gasteiger partial charge in [-0.15, -0.1) is 0 Å². The van der Waals surface area contributed by atoms with E-state index in [2.05, 4.69) is 29.1 Å². The molecule has 3 nitrogen and oxygen atoms in total. The largest absolute Gasteiger partial charge is 0.392 e. The van der Waals surface area contributed by atoms with E-state index in [-0.39, 0.29) is 6.10 Å². The topological polar surface area (TPSA) is 36.4 Å². The first-order valence-electron chi connectivity index (χ1n) is 7.51. The van der Waals surface area contributed by atoms with Gasteiger partial charge in [0.05, 0.1) is 6.10 Å². The Morgan fingerprint density at radius 3 is 2.63 bits per heavy atom. The quantitative estimate of drug-likeness (QED) is 0.855. The van der Waals surface area contributed by atoms with Gasteiger partial charge in [-0.3, -0.25) is 4.98 Å². The van der Waals surface area contributed by atoms with E-state index in [9.17, 15) is 5.11 Å². The molecule has 1 N–H and O–H groups in total. The number of hydrogen-bond donors (Lipinski definition) is 1. The summed E-state index contributed by atoms with van der Waals surface area (Å²) in [4.78, 5) is 6.28. The Morgan fingerprint density at radius 1 is 1.26 bits per heavy atom. The molecule has 19 heavy (non-hydrogen) atoms. The fourth-order valence-electron chi connectivity index (χ4n) is 2.95. The predicted molar refractivity (Wildman–Crippen MR) is 78.0 cm³/mol. The van der Waals surface area contributed by atoms with Crippen LogP contribution in [0.4, 0.5) is 0 Å². The second kappa shape index (κ2) is 7.61. The normalized spacial score (nSPS) is 18.7. The van der Waals surface area contributed by atoms with Crippen molar-refractivity contribution in [1.29, 1.82) is 0 Å². The summed E-state index contributed by atoms with van der Waals surface area (Å²) in [6, 6.07) is 4.12. The fourth-order valence-corrected chi connectivity index (χ4v) is 2.95. The van der Waals surface area contributed by atoms with E-state index < -0.39 is 0 Å². The summed E-state index contributed by atoms with van der Waals surface area (Å²) in [5.41, 5.74) is 1.31. The highest BCUT2D eigenvalue weighted by Gasteiger charge is 2.22. The number of aliphatic hydroxyl groups excluding tert-OH is 1. The molecule has 1 aromatic heterocycles. The summed E-state index contributed by atoms with van der Waals surface area (Å²) < 4.78 is 0. The van der Waals surface area contributed by atoms with Crippen molar-refractivity contribution in [1.82, 2.24) is 9.88 Å². The molecule has 1 atom stereocenters. The third kappa shape index (κ3) is 4.92. The number of likely N-dealkylation sites (N-methyl/N-ethyl adjacent to an activating group) is 1. The zero-order valence-corrected chi connectivity index (χ0v) is 12.0. The van der Waals surface area contributed by atoms with Crippen molar-refractivity contribution < 1.29 is 5.11 Å². The van der Waals surface area contributed by atoms with Crippen LogP contribution < -0.4 is 0 Å². The van der Waals surface area contributed by atoms with Crippen molar-refractivity contribution in [3.8, 4) is 0 Å². The maximum Gasteiger partial charge on any atom is 0.0695 e. The summed E-state index contributed by atoms with van der Waals surface area (Å²) in [5, 5.41) is 10.3. The highest BCUT2D eigenvalue weighted by atomic mass is 16.3. The average molecular weight is 262 g/mol.